The summed E-state index contributed by atoms with van der Waals surface area (Å²) in [5.41, 5.74) is 2.36. The lowest BCUT2D eigenvalue weighted by molar-refractivity contribution is -0.114. The first-order valence-corrected chi connectivity index (χ1v) is 5.20. The van der Waals surface area contributed by atoms with E-state index in [0.717, 1.165) is 12.0 Å². The monoisotopic (exact) mass is 192 g/mol. The fourth-order valence-corrected chi connectivity index (χ4v) is 1.05. The molecule has 0 aliphatic carbocycles. The Bertz CT molecular complexity index is 267. The van der Waals surface area contributed by atoms with Crippen molar-refractivity contribution in [3.05, 3.63) is 35.5 Å². The van der Waals surface area contributed by atoms with Crippen LogP contribution in [0.15, 0.2) is 35.5 Å². The molecule has 1 heteroatoms. The average Bonchev–Trinajstić information content (AvgIpc) is 2.22. The number of rotatable bonds is 5. The van der Waals surface area contributed by atoms with Gasteiger partial charge in [-0.3, -0.25) is 4.79 Å². The van der Waals surface area contributed by atoms with E-state index in [4.69, 9.17) is 0 Å². The Morgan fingerprint density at radius 1 is 1.21 bits per heavy atom. The predicted octanol–water partition coefficient (Wildman–Crippen LogP) is 3.82. The number of carbonyl (C=O) groups excluding carboxylic acids is 1. The molecule has 0 atom stereocenters. The summed E-state index contributed by atoms with van der Waals surface area (Å²) >= 11 is 0. The summed E-state index contributed by atoms with van der Waals surface area (Å²) in [5, 5.41) is 0. The van der Waals surface area contributed by atoms with Crippen LogP contribution in [0.2, 0.25) is 0 Å². The molecule has 0 radical (unpaired) electrons. The first-order valence-electron chi connectivity index (χ1n) is 5.20. The van der Waals surface area contributed by atoms with Crippen molar-refractivity contribution in [2.45, 2.75) is 40.5 Å². The SMILES string of the molecule is C\C=C(C)/C(/C=C\C(=O)CC)=C\CC. The van der Waals surface area contributed by atoms with Crippen LogP contribution < -0.4 is 0 Å². The van der Waals surface area contributed by atoms with Gasteiger partial charge in [0.1, 0.15) is 0 Å². The highest BCUT2D eigenvalue weighted by molar-refractivity contribution is 5.89. The Morgan fingerprint density at radius 2 is 1.86 bits per heavy atom. The molecule has 0 fully saturated rings. The van der Waals surface area contributed by atoms with Gasteiger partial charge >= 0.3 is 0 Å². The van der Waals surface area contributed by atoms with Gasteiger partial charge in [-0.05, 0) is 37.5 Å². The van der Waals surface area contributed by atoms with Crippen LogP contribution in [0.4, 0.5) is 0 Å². The molecule has 0 aliphatic rings. The predicted molar refractivity (Wildman–Crippen MR) is 62.2 cm³/mol. The highest BCUT2D eigenvalue weighted by Gasteiger charge is 1.95. The maximum Gasteiger partial charge on any atom is 0.155 e. The minimum absolute atomic E-state index is 0.177. The van der Waals surface area contributed by atoms with Crippen molar-refractivity contribution in [3.8, 4) is 0 Å². The van der Waals surface area contributed by atoms with Gasteiger partial charge in [0.25, 0.3) is 0 Å². The molecule has 0 heterocycles. The van der Waals surface area contributed by atoms with E-state index in [1.807, 2.05) is 19.9 Å². The van der Waals surface area contributed by atoms with Gasteiger partial charge in [0.15, 0.2) is 5.78 Å². The molecule has 0 bridgehead atoms. The van der Waals surface area contributed by atoms with E-state index < -0.39 is 0 Å². The summed E-state index contributed by atoms with van der Waals surface area (Å²) in [6.07, 6.45) is 9.33. The normalized spacial score (nSPS) is 13.7. The Morgan fingerprint density at radius 3 is 2.29 bits per heavy atom. The van der Waals surface area contributed by atoms with Crippen molar-refractivity contribution < 1.29 is 4.79 Å². The van der Waals surface area contributed by atoms with E-state index in [1.165, 1.54) is 5.57 Å². The molecule has 0 aromatic rings. The molecule has 0 saturated heterocycles. The molecule has 14 heavy (non-hydrogen) atoms. The fourth-order valence-electron chi connectivity index (χ4n) is 1.05. The van der Waals surface area contributed by atoms with Crippen molar-refractivity contribution in [1.82, 2.24) is 0 Å². The average molecular weight is 192 g/mol. The lowest BCUT2D eigenvalue weighted by Gasteiger charge is -2.00. The van der Waals surface area contributed by atoms with Crippen LogP contribution in [-0.2, 0) is 4.79 Å². The Kier molecular flexibility index (Phi) is 6.73. The Labute approximate surface area is 87.2 Å². The molecule has 78 valence electrons. The molecule has 0 N–H and O–H groups in total. The van der Waals surface area contributed by atoms with E-state index in [-0.39, 0.29) is 5.78 Å². The third-order valence-corrected chi connectivity index (χ3v) is 2.11. The maximum atomic E-state index is 11.1. The third-order valence-electron chi connectivity index (χ3n) is 2.11. The van der Waals surface area contributed by atoms with Crippen molar-refractivity contribution in [1.29, 1.82) is 0 Å². The topological polar surface area (TPSA) is 17.1 Å². The van der Waals surface area contributed by atoms with Gasteiger partial charge in [-0.15, -0.1) is 0 Å². The third kappa shape index (κ3) is 4.80. The molecule has 0 rings (SSSR count). The van der Waals surface area contributed by atoms with Crippen LogP contribution in [0, 0.1) is 0 Å². The molecule has 0 unspecified atom stereocenters. The van der Waals surface area contributed by atoms with Crippen LogP contribution in [0.25, 0.3) is 0 Å². The number of hydrogen-bond acceptors (Lipinski definition) is 1. The van der Waals surface area contributed by atoms with E-state index in [9.17, 15) is 4.79 Å². The summed E-state index contributed by atoms with van der Waals surface area (Å²) in [5.74, 6) is 0.177. The van der Waals surface area contributed by atoms with Gasteiger partial charge in [-0.2, -0.15) is 0 Å². The lowest BCUT2D eigenvalue weighted by atomic mass is 10.1. The zero-order valence-electron chi connectivity index (χ0n) is 9.63. The molecule has 1 nitrogen and oxygen atoms in total. The van der Waals surface area contributed by atoms with Gasteiger partial charge in [0.05, 0.1) is 0 Å². The number of allylic oxidation sites excluding steroid dienone is 6. The van der Waals surface area contributed by atoms with Gasteiger partial charge < -0.3 is 0 Å². The summed E-state index contributed by atoms with van der Waals surface area (Å²) in [4.78, 5) is 11.1. The molecule has 0 saturated carbocycles. The minimum Gasteiger partial charge on any atom is -0.295 e. The number of carbonyl (C=O) groups is 1. The molecule has 0 aromatic carbocycles. The molecule has 0 aliphatic heterocycles. The molecular formula is C13H20O. The highest BCUT2D eigenvalue weighted by atomic mass is 16.1. The minimum atomic E-state index is 0.177. The molecule has 0 aromatic heterocycles. The van der Waals surface area contributed by atoms with Crippen LogP contribution in [0.3, 0.4) is 0 Å². The summed E-state index contributed by atoms with van der Waals surface area (Å²) in [6.45, 7) is 8.04. The van der Waals surface area contributed by atoms with Crippen molar-refractivity contribution in [2.24, 2.45) is 0 Å². The van der Waals surface area contributed by atoms with Gasteiger partial charge in [0.2, 0.25) is 0 Å². The van der Waals surface area contributed by atoms with Crippen LogP contribution >= 0.6 is 0 Å². The lowest BCUT2D eigenvalue weighted by Crippen LogP contribution is -1.89. The van der Waals surface area contributed by atoms with Gasteiger partial charge in [-0.25, -0.2) is 0 Å². The van der Waals surface area contributed by atoms with Crippen LogP contribution in [0.5, 0.6) is 0 Å². The molecule has 0 amide bonds. The van der Waals surface area contributed by atoms with E-state index >= 15 is 0 Å². The zero-order chi connectivity index (χ0) is 11.0. The second-order valence-electron chi connectivity index (χ2n) is 3.19. The second-order valence-corrected chi connectivity index (χ2v) is 3.19. The Hall–Kier alpha value is -1.11. The van der Waals surface area contributed by atoms with Gasteiger partial charge in [-0.1, -0.05) is 32.1 Å². The largest absolute Gasteiger partial charge is 0.295 e. The fraction of sp³-hybridized carbons (Fsp3) is 0.462. The first-order chi connectivity index (χ1) is 6.65. The van der Waals surface area contributed by atoms with E-state index in [0.29, 0.717) is 6.42 Å². The standard InChI is InChI=1S/C13H20O/c1-5-8-12(11(4)6-2)9-10-13(14)7-3/h6,8-10H,5,7H2,1-4H3/b10-9-,11-6-,12-8-. The molecule has 0 spiro atoms. The molecular weight excluding hydrogens is 172 g/mol. The number of hydrogen-bond donors (Lipinski definition) is 0. The summed E-state index contributed by atoms with van der Waals surface area (Å²) in [7, 11) is 0. The van der Waals surface area contributed by atoms with E-state index in [1.54, 1.807) is 6.08 Å². The zero-order valence-corrected chi connectivity index (χ0v) is 9.63. The van der Waals surface area contributed by atoms with Crippen molar-refractivity contribution in [3.63, 3.8) is 0 Å². The van der Waals surface area contributed by atoms with Crippen molar-refractivity contribution in [2.75, 3.05) is 0 Å². The van der Waals surface area contributed by atoms with Crippen LogP contribution in [-0.4, -0.2) is 5.78 Å². The van der Waals surface area contributed by atoms with E-state index in [2.05, 4.69) is 26.0 Å². The first kappa shape index (κ1) is 12.9. The maximum absolute atomic E-state index is 11.1. The van der Waals surface area contributed by atoms with Gasteiger partial charge in [0, 0.05) is 6.42 Å². The second kappa shape index (κ2) is 7.31. The quantitative estimate of drug-likeness (QED) is 0.478. The smallest absolute Gasteiger partial charge is 0.155 e. The summed E-state index contributed by atoms with van der Waals surface area (Å²) in [6, 6.07) is 0. The van der Waals surface area contributed by atoms with Crippen LogP contribution in [0.1, 0.15) is 40.5 Å². The number of ketones is 1. The Balaban J connectivity index is 4.63. The summed E-state index contributed by atoms with van der Waals surface area (Å²) < 4.78 is 0. The van der Waals surface area contributed by atoms with Crippen molar-refractivity contribution >= 4 is 5.78 Å². The highest BCUT2D eigenvalue weighted by Crippen LogP contribution is 2.11.